The summed E-state index contributed by atoms with van der Waals surface area (Å²) in [6, 6.07) is 5.38. The molecule has 1 fully saturated rings. The summed E-state index contributed by atoms with van der Waals surface area (Å²) >= 11 is 0. The number of carbonyl (C=O) groups is 1. The molecule has 1 aromatic rings. The van der Waals surface area contributed by atoms with Gasteiger partial charge < -0.3 is 24.6 Å². The number of rotatable bonds is 4. The fourth-order valence-electron chi connectivity index (χ4n) is 2.78. The average molecular weight is 319 g/mol. The Morgan fingerprint density at radius 3 is 2.65 bits per heavy atom. The molecule has 0 aliphatic carbocycles. The number of aliphatic hydroxyl groups is 2. The van der Waals surface area contributed by atoms with Gasteiger partial charge in [0.2, 0.25) is 6.79 Å². The number of hydrogen-bond donors (Lipinski definition) is 2. The molecule has 0 radical (unpaired) electrons. The third-order valence-electron chi connectivity index (χ3n) is 4.13. The van der Waals surface area contributed by atoms with Gasteiger partial charge in [0.05, 0.1) is 0 Å². The number of nitrogens with zero attached hydrogens (tertiary/aromatic N) is 1. The van der Waals surface area contributed by atoms with Gasteiger partial charge in [0, 0.05) is 13.1 Å². The molecule has 2 atom stereocenters. The molecule has 0 bridgehead atoms. The summed E-state index contributed by atoms with van der Waals surface area (Å²) in [5.41, 5.74) is 0.797. The lowest BCUT2D eigenvalue weighted by Gasteiger charge is -2.29. The first-order valence-corrected chi connectivity index (χ1v) is 7.88. The van der Waals surface area contributed by atoms with E-state index < -0.39 is 18.1 Å². The van der Waals surface area contributed by atoms with Crippen LogP contribution in [0.25, 0.3) is 6.08 Å². The van der Waals surface area contributed by atoms with Crippen molar-refractivity contribution >= 4 is 12.0 Å². The number of aliphatic hydroxyl groups excluding tert-OH is 2. The Morgan fingerprint density at radius 1 is 1.13 bits per heavy atom. The van der Waals surface area contributed by atoms with Gasteiger partial charge in [-0.05, 0) is 37.0 Å². The fraction of sp³-hybridized carbons (Fsp3) is 0.471. The zero-order chi connectivity index (χ0) is 16.2. The number of piperidine rings is 1. The molecule has 0 saturated carbocycles. The van der Waals surface area contributed by atoms with E-state index in [-0.39, 0.29) is 6.79 Å². The molecule has 1 aromatic carbocycles. The van der Waals surface area contributed by atoms with Crippen LogP contribution < -0.4 is 9.47 Å². The SMILES string of the molecule is O=C([C@@H](O)[C@H](O)/C=C/c1ccc2c(c1)OCO2)N1CCCCC1. The highest BCUT2D eigenvalue weighted by Gasteiger charge is 2.28. The first kappa shape index (κ1) is 15.8. The van der Waals surface area contributed by atoms with Crippen molar-refractivity contribution < 1.29 is 24.5 Å². The number of hydrogen-bond acceptors (Lipinski definition) is 5. The quantitative estimate of drug-likeness (QED) is 0.871. The van der Waals surface area contributed by atoms with Crippen molar-refractivity contribution in [2.24, 2.45) is 0 Å². The standard InChI is InChI=1S/C17H21NO5/c19-13(16(20)17(21)18-8-2-1-3-9-18)6-4-12-5-7-14-15(10-12)23-11-22-14/h4-7,10,13,16,19-20H,1-3,8-9,11H2/b6-4+/t13-,16+/m1/s1. The van der Waals surface area contributed by atoms with Crippen molar-refractivity contribution in [1.29, 1.82) is 0 Å². The summed E-state index contributed by atoms with van der Waals surface area (Å²) in [6.45, 7) is 1.50. The second-order valence-electron chi connectivity index (χ2n) is 5.79. The summed E-state index contributed by atoms with van der Waals surface area (Å²) in [6.07, 6.45) is 3.40. The Labute approximate surface area is 134 Å². The zero-order valence-corrected chi connectivity index (χ0v) is 12.9. The van der Waals surface area contributed by atoms with Crippen molar-refractivity contribution in [2.75, 3.05) is 19.9 Å². The first-order chi connectivity index (χ1) is 11.1. The van der Waals surface area contributed by atoms with Crippen molar-refractivity contribution in [3.8, 4) is 11.5 Å². The van der Waals surface area contributed by atoms with Crippen LogP contribution in [0.2, 0.25) is 0 Å². The lowest BCUT2D eigenvalue weighted by Crippen LogP contribution is -2.46. The van der Waals surface area contributed by atoms with Crippen LogP contribution in [0, 0.1) is 0 Å². The molecule has 2 N–H and O–H groups in total. The van der Waals surface area contributed by atoms with E-state index in [1.165, 1.54) is 6.08 Å². The number of carbonyl (C=O) groups excluding carboxylic acids is 1. The second-order valence-corrected chi connectivity index (χ2v) is 5.79. The second kappa shape index (κ2) is 7.02. The maximum Gasteiger partial charge on any atom is 0.254 e. The predicted molar refractivity (Wildman–Crippen MR) is 84.0 cm³/mol. The summed E-state index contributed by atoms with van der Waals surface area (Å²) in [4.78, 5) is 13.8. The number of ether oxygens (including phenoxy) is 2. The molecule has 2 aliphatic heterocycles. The van der Waals surface area contributed by atoms with Crippen LogP contribution in [0.1, 0.15) is 24.8 Å². The predicted octanol–water partition coefficient (Wildman–Crippen LogP) is 1.16. The third kappa shape index (κ3) is 3.65. The van der Waals surface area contributed by atoms with Gasteiger partial charge in [-0.1, -0.05) is 18.2 Å². The molecule has 6 nitrogen and oxygen atoms in total. The van der Waals surface area contributed by atoms with E-state index in [2.05, 4.69) is 0 Å². The minimum absolute atomic E-state index is 0.203. The van der Waals surface area contributed by atoms with Gasteiger partial charge >= 0.3 is 0 Å². The molecule has 1 amide bonds. The molecule has 124 valence electrons. The smallest absolute Gasteiger partial charge is 0.254 e. The van der Waals surface area contributed by atoms with Crippen LogP contribution in [0.15, 0.2) is 24.3 Å². The Balaban J connectivity index is 1.61. The lowest BCUT2D eigenvalue weighted by molar-refractivity contribution is -0.145. The number of amides is 1. The molecule has 2 heterocycles. The molecule has 0 unspecified atom stereocenters. The number of likely N-dealkylation sites (tertiary alicyclic amines) is 1. The van der Waals surface area contributed by atoms with Gasteiger partial charge in [-0.25, -0.2) is 0 Å². The van der Waals surface area contributed by atoms with Crippen molar-refractivity contribution in [3.63, 3.8) is 0 Å². The molecule has 0 aromatic heterocycles. The summed E-state index contributed by atoms with van der Waals surface area (Å²) in [5, 5.41) is 20.1. The maximum absolute atomic E-state index is 12.1. The Kier molecular flexibility index (Phi) is 4.83. The minimum atomic E-state index is -1.43. The third-order valence-corrected chi connectivity index (χ3v) is 4.13. The monoisotopic (exact) mass is 319 g/mol. The largest absolute Gasteiger partial charge is 0.454 e. The van der Waals surface area contributed by atoms with E-state index in [4.69, 9.17) is 9.47 Å². The van der Waals surface area contributed by atoms with E-state index in [0.717, 1.165) is 24.8 Å². The van der Waals surface area contributed by atoms with Gasteiger partial charge in [-0.3, -0.25) is 4.79 Å². The van der Waals surface area contributed by atoms with Crippen LogP contribution in [0.5, 0.6) is 11.5 Å². The van der Waals surface area contributed by atoms with Gasteiger partial charge in [0.15, 0.2) is 17.6 Å². The molecule has 0 spiro atoms. The molecule has 3 rings (SSSR count). The van der Waals surface area contributed by atoms with E-state index >= 15 is 0 Å². The number of benzene rings is 1. The van der Waals surface area contributed by atoms with E-state index in [0.29, 0.717) is 24.6 Å². The highest BCUT2D eigenvalue weighted by Crippen LogP contribution is 2.32. The maximum atomic E-state index is 12.1. The minimum Gasteiger partial charge on any atom is -0.454 e. The van der Waals surface area contributed by atoms with Crippen LogP contribution in [0.3, 0.4) is 0 Å². The van der Waals surface area contributed by atoms with Crippen LogP contribution in [-0.2, 0) is 4.79 Å². The van der Waals surface area contributed by atoms with Crippen molar-refractivity contribution in [2.45, 2.75) is 31.5 Å². The molecular formula is C17H21NO5. The van der Waals surface area contributed by atoms with Crippen molar-refractivity contribution in [1.82, 2.24) is 4.90 Å². The average Bonchev–Trinajstić information content (AvgIpc) is 3.06. The first-order valence-electron chi connectivity index (χ1n) is 7.88. The normalized spacial score (nSPS) is 19.8. The molecule has 23 heavy (non-hydrogen) atoms. The molecule has 6 heteroatoms. The van der Waals surface area contributed by atoms with Gasteiger partial charge in [-0.2, -0.15) is 0 Å². The Morgan fingerprint density at radius 2 is 1.87 bits per heavy atom. The molecular weight excluding hydrogens is 298 g/mol. The van der Waals surface area contributed by atoms with Crippen LogP contribution in [-0.4, -0.2) is 53.1 Å². The highest BCUT2D eigenvalue weighted by molar-refractivity contribution is 5.81. The fourth-order valence-corrected chi connectivity index (χ4v) is 2.78. The molecule has 2 aliphatic rings. The number of fused-ring (bicyclic) bond motifs is 1. The van der Waals surface area contributed by atoms with Crippen molar-refractivity contribution in [3.05, 3.63) is 29.8 Å². The Bertz CT molecular complexity index is 595. The Hall–Kier alpha value is -2.05. The topological polar surface area (TPSA) is 79.2 Å². The van der Waals surface area contributed by atoms with Gasteiger partial charge in [-0.15, -0.1) is 0 Å². The van der Waals surface area contributed by atoms with Crippen LogP contribution >= 0.6 is 0 Å². The highest BCUT2D eigenvalue weighted by atomic mass is 16.7. The zero-order valence-electron chi connectivity index (χ0n) is 12.9. The summed E-state index contributed by atoms with van der Waals surface area (Å²) < 4.78 is 10.5. The summed E-state index contributed by atoms with van der Waals surface area (Å²) in [5.74, 6) is 0.919. The summed E-state index contributed by atoms with van der Waals surface area (Å²) in [7, 11) is 0. The van der Waals surface area contributed by atoms with Gasteiger partial charge in [0.25, 0.3) is 5.91 Å². The van der Waals surface area contributed by atoms with Gasteiger partial charge in [0.1, 0.15) is 6.10 Å². The van der Waals surface area contributed by atoms with E-state index in [1.807, 2.05) is 6.07 Å². The van der Waals surface area contributed by atoms with Crippen LogP contribution in [0.4, 0.5) is 0 Å². The van der Waals surface area contributed by atoms with E-state index in [9.17, 15) is 15.0 Å². The van der Waals surface area contributed by atoms with E-state index in [1.54, 1.807) is 23.1 Å². The molecule has 1 saturated heterocycles. The lowest BCUT2D eigenvalue weighted by atomic mass is 10.1.